The lowest BCUT2D eigenvalue weighted by molar-refractivity contribution is -0.140. The van der Waals surface area contributed by atoms with Gasteiger partial charge in [0.05, 0.1) is 12.2 Å². The Hall–Kier alpha value is -2.15. The Bertz CT molecular complexity index is 433. The molecular weight excluding hydrogens is 216 g/mol. The van der Waals surface area contributed by atoms with Crippen molar-refractivity contribution in [2.75, 3.05) is 6.61 Å². The predicted molar refractivity (Wildman–Crippen MR) is 53.0 cm³/mol. The number of hydrogen-bond donors (Lipinski definition) is 4. The van der Waals surface area contributed by atoms with Gasteiger partial charge in [0.1, 0.15) is 0 Å². The number of aliphatic hydroxyl groups excluding tert-OH is 1. The van der Waals surface area contributed by atoms with Crippen molar-refractivity contribution in [3.8, 4) is 0 Å². The van der Waals surface area contributed by atoms with Crippen LogP contribution in [0.25, 0.3) is 0 Å². The number of aromatic nitrogens is 1. The second kappa shape index (κ2) is 5.08. The Balaban J connectivity index is 2.75. The summed E-state index contributed by atoms with van der Waals surface area (Å²) in [6.45, 7) is -0.704. The molecule has 86 valence electrons. The standard InChI is InChI=1S/C9H10N2O5/c12-4-6(9(15)16)11-8(14)5-1-2-7(13)10-3-5/h1-3,6,12H,4H2,(H,10,13)(H,11,14)(H,15,16). The van der Waals surface area contributed by atoms with Gasteiger partial charge in [-0.3, -0.25) is 9.59 Å². The van der Waals surface area contributed by atoms with E-state index in [1.807, 2.05) is 0 Å². The summed E-state index contributed by atoms with van der Waals surface area (Å²) < 4.78 is 0. The van der Waals surface area contributed by atoms with Crippen LogP contribution in [0.3, 0.4) is 0 Å². The van der Waals surface area contributed by atoms with Crippen molar-refractivity contribution in [3.05, 3.63) is 34.2 Å². The van der Waals surface area contributed by atoms with E-state index >= 15 is 0 Å². The molecular formula is C9H10N2O5. The Morgan fingerprint density at radius 1 is 1.44 bits per heavy atom. The van der Waals surface area contributed by atoms with E-state index in [4.69, 9.17) is 10.2 Å². The van der Waals surface area contributed by atoms with E-state index in [1.165, 1.54) is 6.07 Å². The Morgan fingerprint density at radius 3 is 2.56 bits per heavy atom. The summed E-state index contributed by atoms with van der Waals surface area (Å²) in [5, 5.41) is 19.4. The number of aliphatic carboxylic acids is 1. The second-order valence-electron chi connectivity index (χ2n) is 2.99. The first-order valence-corrected chi connectivity index (χ1v) is 4.38. The van der Waals surface area contributed by atoms with Gasteiger partial charge in [0.2, 0.25) is 5.56 Å². The van der Waals surface area contributed by atoms with E-state index in [9.17, 15) is 14.4 Å². The van der Waals surface area contributed by atoms with Crippen LogP contribution in [-0.4, -0.2) is 39.7 Å². The van der Waals surface area contributed by atoms with E-state index in [1.54, 1.807) is 0 Å². The van der Waals surface area contributed by atoms with Crippen LogP contribution in [0.1, 0.15) is 10.4 Å². The topological polar surface area (TPSA) is 119 Å². The van der Waals surface area contributed by atoms with Gasteiger partial charge in [-0.1, -0.05) is 0 Å². The summed E-state index contributed by atoms with van der Waals surface area (Å²) in [6, 6.07) is 1.04. The van der Waals surface area contributed by atoms with Gasteiger partial charge in [0.15, 0.2) is 6.04 Å². The maximum atomic E-state index is 11.4. The molecule has 1 aromatic heterocycles. The Morgan fingerprint density at radius 2 is 2.12 bits per heavy atom. The molecule has 0 aliphatic carbocycles. The summed E-state index contributed by atoms with van der Waals surface area (Å²) >= 11 is 0. The molecule has 0 saturated heterocycles. The van der Waals surface area contributed by atoms with Crippen LogP contribution in [0.5, 0.6) is 0 Å². The molecule has 7 heteroatoms. The minimum absolute atomic E-state index is 0.110. The number of carbonyl (C=O) groups excluding carboxylic acids is 1. The highest BCUT2D eigenvalue weighted by Crippen LogP contribution is 1.94. The first-order chi connectivity index (χ1) is 7.54. The molecule has 0 fully saturated rings. The number of carbonyl (C=O) groups is 2. The summed E-state index contributed by atoms with van der Waals surface area (Å²) in [4.78, 5) is 34.9. The van der Waals surface area contributed by atoms with Crippen LogP contribution in [0.15, 0.2) is 23.1 Å². The van der Waals surface area contributed by atoms with Crippen LogP contribution in [0.2, 0.25) is 0 Å². The SMILES string of the molecule is O=C(NC(CO)C(=O)O)c1ccc(=O)[nH]c1. The smallest absolute Gasteiger partial charge is 0.328 e. The van der Waals surface area contributed by atoms with Gasteiger partial charge in [0, 0.05) is 12.3 Å². The molecule has 16 heavy (non-hydrogen) atoms. The number of H-pyrrole nitrogens is 1. The zero-order valence-corrected chi connectivity index (χ0v) is 8.14. The summed E-state index contributed by atoms with van der Waals surface area (Å²) in [7, 11) is 0. The van der Waals surface area contributed by atoms with Crippen molar-refractivity contribution in [2.45, 2.75) is 6.04 Å². The third-order valence-electron chi connectivity index (χ3n) is 1.83. The molecule has 0 aromatic carbocycles. The number of pyridine rings is 1. The fraction of sp³-hybridized carbons (Fsp3) is 0.222. The van der Waals surface area contributed by atoms with Crippen molar-refractivity contribution < 1.29 is 19.8 Å². The molecule has 0 saturated carbocycles. The molecule has 1 rings (SSSR count). The van der Waals surface area contributed by atoms with Crippen LogP contribution in [-0.2, 0) is 4.79 Å². The number of carboxylic acids is 1. The summed E-state index contributed by atoms with van der Waals surface area (Å²) in [6.07, 6.45) is 1.16. The highest BCUT2D eigenvalue weighted by atomic mass is 16.4. The number of aliphatic hydroxyl groups is 1. The molecule has 1 amide bonds. The minimum atomic E-state index is -1.36. The highest BCUT2D eigenvalue weighted by Gasteiger charge is 2.19. The molecule has 0 radical (unpaired) electrons. The van der Waals surface area contributed by atoms with Gasteiger partial charge in [-0.25, -0.2) is 4.79 Å². The maximum absolute atomic E-state index is 11.4. The van der Waals surface area contributed by atoms with Crippen molar-refractivity contribution in [2.24, 2.45) is 0 Å². The third kappa shape index (κ3) is 2.92. The zero-order valence-electron chi connectivity index (χ0n) is 8.14. The Kier molecular flexibility index (Phi) is 3.78. The van der Waals surface area contributed by atoms with Crippen LogP contribution in [0.4, 0.5) is 0 Å². The van der Waals surface area contributed by atoms with E-state index in [0.717, 1.165) is 12.3 Å². The van der Waals surface area contributed by atoms with E-state index < -0.39 is 24.5 Å². The molecule has 0 aliphatic heterocycles. The molecule has 4 N–H and O–H groups in total. The largest absolute Gasteiger partial charge is 0.480 e. The molecule has 1 aromatic rings. The molecule has 0 bridgehead atoms. The van der Waals surface area contributed by atoms with Gasteiger partial charge in [-0.05, 0) is 6.07 Å². The molecule has 0 aliphatic rings. The average Bonchev–Trinajstić information content (AvgIpc) is 2.26. The summed E-state index contributed by atoms with van der Waals surface area (Å²) in [5.74, 6) is -2.02. The number of rotatable bonds is 4. The van der Waals surface area contributed by atoms with Crippen molar-refractivity contribution in [3.63, 3.8) is 0 Å². The van der Waals surface area contributed by atoms with Gasteiger partial charge in [0.25, 0.3) is 5.91 Å². The quantitative estimate of drug-likeness (QED) is 0.500. The number of carboxylic acid groups (broad SMARTS) is 1. The lowest BCUT2D eigenvalue weighted by Gasteiger charge is -2.10. The van der Waals surface area contributed by atoms with E-state index in [0.29, 0.717) is 0 Å². The lowest BCUT2D eigenvalue weighted by atomic mass is 10.2. The van der Waals surface area contributed by atoms with E-state index in [-0.39, 0.29) is 11.1 Å². The molecule has 1 atom stereocenters. The van der Waals surface area contributed by atoms with Crippen LogP contribution in [0, 0.1) is 0 Å². The van der Waals surface area contributed by atoms with Gasteiger partial charge >= 0.3 is 5.97 Å². The molecule has 1 unspecified atom stereocenters. The summed E-state index contributed by atoms with van der Waals surface area (Å²) in [5.41, 5.74) is -0.257. The first-order valence-electron chi connectivity index (χ1n) is 4.38. The van der Waals surface area contributed by atoms with Crippen molar-refractivity contribution >= 4 is 11.9 Å². The number of nitrogens with one attached hydrogen (secondary N) is 2. The molecule has 1 heterocycles. The normalized spacial score (nSPS) is 11.8. The Labute approximate surface area is 89.7 Å². The predicted octanol–water partition coefficient (Wildman–Crippen LogP) is -1.45. The van der Waals surface area contributed by atoms with Gasteiger partial charge in [-0.15, -0.1) is 0 Å². The van der Waals surface area contributed by atoms with Gasteiger partial charge < -0.3 is 20.5 Å². The monoisotopic (exact) mass is 226 g/mol. The van der Waals surface area contributed by atoms with Crippen LogP contribution < -0.4 is 10.9 Å². The lowest BCUT2D eigenvalue weighted by Crippen LogP contribution is -2.43. The number of aromatic amines is 1. The third-order valence-corrected chi connectivity index (χ3v) is 1.83. The molecule has 0 spiro atoms. The van der Waals surface area contributed by atoms with Crippen molar-refractivity contribution in [1.82, 2.24) is 10.3 Å². The number of amides is 1. The van der Waals surface area contributed by atoms with Crippen LogP contribution >= 0.6 is 0 Å². The second-order valence-corrected chi connectivity index (χ2v) is 2.99. The van der Waals surface area contributed by atoms with E-state index in [2.05, 4.69) is 10.3 Å². The first kappa shape index (κ1) is 11.9. The zero-order chi connectivity index (χ0) is 12.1. The average molecular weight is 226 g/mol. The minimum Gasteiger partial charge on any atom is -0.480 e. The number of hydrogen-bond acceptors (Lipinski definition) is 4. The van der Waals surface area contributed by atoms with Crippen molar-refractivity contribution in [1.29, 1.82) is 0 Å². The fourth-order valence-corrected chi connectivity index (χ4v) is 0.979. The fourth-order valence-electron chi connectivity index (χ4n) is 0.979. The van der Waals surface area contributed by atoms with Gasteiger partial charge in [-0.2, -0.15) is 0 Å². The highest BCUT2D eigenvalue weighted by molar-refractivity contribution is 5.96. The maximum Gasteiger partial charge on any atom is 0.328 e. The molecule has 7 nitrogen and oxygen atoms in total.